The van der Waals surface area contributed by atoms with E-state index in [4.69, 9.17) is 9.84 Å². The first-order valence-corrected chi connectivity index (χ1v) is 8.60. The molecule has 0 atom stereocenters. The first-order chi connectivity index (χ1) is 11.2. The summed E-state index contributed by atoms with van der Waals surface area (Å²) in [5.74, 6) is -1.11. The quantitative estimate of drug-likeness (QED) is 0.897. The number of carboxylic acid groups (broad SMARTS) is 1. The predicted octanol–water partition coefficient (Wildman–Crippen LogP) is 2.84. The lowest BCUT2D eigenvalue weighted by molar-refractivity contribution is 0.0696. The standard InChI is InChI=1S/C17H19NO5S/c1-11-6-5-7-14(12(11)2)18(3)24(21,22)16-10-13(17(19)20)8-9-15(16)23-4/h5-10H,1-4H3,(H,19,20). The molecule has 0 bridgehead atoms. The normalized spacial score (nSPS) is 11.2. The Morgan fingerprint density at radius 3 is 2.42 bits per heavy atom. The van der Waals surface area contributed by atoms with Crippen molar-refractivity contribution in [2.75, 3.05) is 18.5 Å². The maximum atomic E-state index is 13.0. The first-order valence-electron chi connectivity index (χ1n) is 7.16. The molecule has 0 unspecified atom stereocenters. The lowest BCUT2D eigenvalue weighted by atomic mass is 10.1. The highest BCUT2D eigenvalue weighted by Gasteiger charge is 2.27. The van der Waals surface area contributed by atoms with Gasteiger partial charge in [-0.1, -0.05) is 12.1 Å². The Hall–Kier alpha value is -2.54. The smallest absolute Gasteiger partial charge is 0.335 e. The number of methoxy groups -OCH3 is 1. The molecule has 1 N–H and O–H groups in total. The van der Waals surface area contributed by atoms with E-state index in [1.807, 2.05) is 19.9 Å². The number of anilines is 1. The van der Waals surface area contributed by atoms with Gasteiger partial charge in [-0.05, 0) is 49.2 Å². The van der Waals surface area contributed by atoms with Crippen LogP contribution in [0.3, 0.4) is 0 Å². The average molecular weight is 349 g/mol. The molecule has 7 heteroatoms. The highest BCUT2D eigenvalue weighted by atomic mass is 32.2. The minimum absolute atomic E-state index is 0.0946. The molecule has 2 rings (SSSR count). The third kappa shape index (κ3) is 3.07. The number of aromatic carboxylic acids is 1. The molecule has 0 heterocycles. The van der Waals surface area contributed by atoms with Gasteiger partial charge in [0, 0.05) is 7.05 Å². The SMILES string of the molecule is COc1ccc(C(=O)O)cc1S(=O)(=O)N(C)c1cccc(C)c1C. The Morgan fingerprint density at radius 1 is 1.17 bits per heavy atom. The summed E-state index contributed by atoms with van der Waals surface area (Å²) >= 11 is 0. The number of carboxylic acids is 1. The van der Waals surface area contributed by atoms with Crippen molar-refractivity contribution >= 4 is 21.7 Å². The van der Waals surface area contributed by atoms with E-state index in [0.717, 1.165) is 21.5 Å². The molecular weight excluding hydrogens is 330 g/mol. The largest absolute Gasteiger partial charge is 0.495 e. The second-order valence-electron chi connectivity index (χ2n) is 5.36. The van der Waals surface area contributed by atoms with Crippen molar-refractivity contribution in [3.63, 3.8) is 0 Å². The number of sulfonamides is 1. The van der Waals surface area contributed by atoms with Gasteiger partial charge in [-0.3, -0.25) is 4.31 Å². The maximum absolute atomic E-state index is 13.0. The summed E-state index contributed by atoms with van der Waals surface area (Å²) in [5.41, 5.74) is 2.19. The van der Waals surface area contributed by atoms with Crippen LogP contribution in [0.1, 0.15) is 21.5 Å². The van der Waals surface area contributed by atoms with Crippen LogP contribution >= 0.6 is 0 Å². The molecule has 0 saturated carbocycles. The Bertz CT molecular complexity index is 890. The van der Waals surface area contributed by atoms with E-state index >= 15 is 0 Å². The van der Waals surface area contributed by atoms with Crippen LogP contribution < -0.4 is 9.04 Å². The van der Waals surface area contributed by atoms with Crippen molar-refractivity contribution < 1.29 is 23.1 Å². The molecule has 0 saturated heterocycles. The maximum Gasteiger partial charge on any atom is 0.335 e. The first kappa shape index (κ1) is 17.8. The summed E-state index contributed by atoms with van der Waals surface area (Å²) in [4.78, 5) is 11.0. The fourth-order valence-corrected chi connectivity index (χ4v) is 3.80. The van der Waals surface area contributed by atoms with Crippen molar-refractivity contribution in [1.29, 1.82) is 0 Å². The fourth-order valence-electron chi connectivity index (χ4n) is 2.37. The molecule has 0 spiro atoms. The van der Waals surface area contributed by atoms with Crippen LogP contribution in [0.15, 0.2) is 41.3 Å². The van der Waals surface area contributed by atoms with E-state index < -0.39 is 16.0 Å². The summed E-state index contributed by atoms with van der Waals surface area (Å²) < 4.78 is 32.3. The van der Waals surface area contributed by atoms with Gasteiger partial charge in [0.05, 0.1) is 18.4 Å². The number of hydrogen-bond acceptors (Lipinski definition) is 4. The van der Waals surface area contributed by atoms with Crippen LogP contribution in [0.4, 0.5) is 5.69 Å². The monoisotopic (exact) mass is 349 g/mol. The van der Waals surface area contributed by atoms with E-state index in [9.17, 15) is 13.2 Å². The lowest BCUT2D eigenvalue weighted by Gasteiger charge is -2.23. The molecule has 2 aromatic rings. The van der Waals surface area contributed by atoms with Crippen molar-refractivity contribution in [3.05, 3.63) is 53.1 Å². The summed E-state index contributed by atoms with van der Waals surface area (Å²) in [7, 11) is -1.21. The number of benzene rings is 2. The third-order valence-corrected chi connectivity index (χ3v) is 5.76. The average Bonchev–Trinajstić information content (AvgIpc) is 2.56. The summed E-state index contributed by atoms with van der Waals surface area (Å²) in [6, 6.07) is 9.12. The second kappa shape index (κ2) is 6.52. The Morgan fingerprint density at radius 2 is 1.83 bits per heavy atom. The summed E-state index contributed by atoms with van der Waals surface area (Å²) in [5, 5.41) is 9.13. The zero-order valence-electron chi connectivity index (χ0n) is 13.9. The molecule has 128 valence electrons. The number of aryl methyl sites for hydroxylation is 1. The van der Waals surface area contributed by atoms with Crippen molar-refractivity contribution in [2.45, 2.75) is 18.7 Å². The van der Waals surface area contributed by atoms with E-state index in [1.54, 1.807) is 12.1 Å². The molecule has 0 radical (unpaired) electrons. The summed E-state index contributed by atoms with van der Waals surface area (Å²) in [6.45, 7) is 3.73. The van der Waals surface area contributed by atoms with Gasteiger partial charge in [0.1, 0.15) is 10.6 Å². The van der Waals surface area contributed by atoms with Crippen molar-refractivity contribution in [1.82, 2.24) is 0 Å². The third-order valence-electron chi connectivity index (χ3n) is 3.96. The highest BCUT2D eigenvalue weighted by Crippen LogP contribution is 2.32. The molecule has 0 aliphatic rings. The van der Waals surface area contributed by atoms with Gasteiger partial charge in [0.25, 0.3) is 10.0 Å². The molecule has 0 aliphatic carbocycles. The van der Waals surface area contributed by atoms with Gasteiger partial charge in [-0.25, -0.2) is 13.2 Å². The Kier molecular flexibility index (Phi) is 4.84. The van der Waals surface area contributed by atoms with E-state index in [-0.39, 0.29) is 16.2 Å². The van der Waals surface area contributed by atoms with E-state index in [1.165, 1.54) is 26.3 Å². The molecule has 2 aromatic carbocycles. The molecule has 0 fully saturated rings. The molecular formula is C17H19NO5S. The zero-order valence-corrected chi connectivity index (χ0v) is 14.7. The van der Waals surface area contributed by atoms with Crippen molar-refractivity contribution in [3.8, 4) is 5.75 Å². The minimum atomic E-state index is -3.99. The second-order valence-corrected chi connectivity index (χ2v) is 7.30. The van der Waals surface area contributed by atoms with Crippen LogP contribution in [-0.2, 0) is 10.0 Å². The molecule has 0 aromatic heterocycles. The van der Waals surface area contributed by atoms with Gasteiger partial charge in [-0.2, -0.15) is 0 Å². The van der Waals surface area contributed by atoms with E-state index in [2.05, 4.69) is 0 Å². The minimum Gasteiger partial charge on any atom is -0.495 e. The Balaban J connectivity index is 2.63. The number of rotatable bonds is 5. The predicted molar refractivity (Wildman–Crippen MR) is 91.5 cm³/mol. The molecule has 0 aliphatic heterocycles. The van der Waals surface area contributed by atoms with Gasteiger partial charge >= 0.3 is 5.97 Å². The van der Waals surface area contributed by atoms with Crippen LogP contribution in [-0.4, -0.2) is 33.7 Å². The molecule has 0 amide bonds. The van der Waals surface area contributed by atoms with Crippen LogP contribution in [0.25, 0.3) is 0 Å². The number of hydrogen-bond donors (Lipinski definition) is 1. The number of nitrogens with zero attached hydrogens (tertiary/aromatic N) is 1. The van der Waals surface area contributed by atoms with Gasteiger partial charge in [-0.15, -0.1) is 0 Å². The number of ether oxygens (including phenoxy) is 1. The lowest BCUT2D eigenvalue weighted by Crippen LogP contribution is -2.28. The van der Waals surface area contributed by atoms with Gasteiger partial charge in [0.2, 0.25) is 0 Å². The molecule has 6 nitrogen and oxygen atoms in total. The van der Waals surface area contributed by atoms with Crippen LogP contribution in [0, 0.1) is 13.8 Å². The molecule has 24 heavy (non-hydrogen) atoms. The van der Waals surface area contributed by atoms with Gasteiger partial charge < -0.3 is 9.84 Å². The summed E-state index contributed by atoms with van der Waals surface area (Å²) in [6.07, 6.45) is 0. The van der Waals surface area contributed by atoms with Crippen LogP contribution in [0.5, 0.6) is 5.75 Å². The number of carbonyl (C=O) groups is 1. The Labute approximate surface area is 141 Å². The van der Waals surface area contributed by atoms with Crippen molar-refractivity contribution in [2.24, 2.45) is 0 Å². The van der Waals surface area contributed by atoms with Crippen LogP contribution in [0.2, 0.25) is 0 Å². The van der Waals surface area contributed by atoms with Gasteiger partial charge in [0.15, 0.2) is 0 Å². The van der Waals surface area contributed by atoms with E-state index in [0.29, 0.717) is 5.69 Å². The topological polar surface area (TPSA) is 83.9 Å². The zero-order chi connectivity index (χ0) is 18.1. The highest BCUT2D eigenvalue weighted by molar-refractivity contribution is 7.93. The fraction of sp³-hybridized carbons (Fsp3) is 0.235.